The summed E-state index contributed by atoms with van der Waals surface area (Å²) in [6.45, 7) is 4.18. The molecule has 1 aromatic heterocycles. The molecule has 0 unspecified atom stereocenters. The van der Waals surface area contributed by atoms with Gasteiger partial charge in [0.05, 0.1) is 0 Å². The predicted molar refractivity (Wildman–Crippen MR) is 121 cm³/mol. The van der Waals surface area contributed by atoms with E-state index in [4.69, 9.17) is 4.52 Å². The van der Waals surface area contributed by atoms with Crippen LogP contribution in [0.15, 0.2) is 65.2 Å². The van der Waals surface area contributed by atoms with E-state index in [1.54, 1.807) is 12.1 Å². The molecule has 0 atom stereocenters. The molecule has 1 fully saturated rings. The van der Waals surface area contributed by atoms with E-state index in [-0.39, 0.29) is 11.7 Å². The number of benzene rings is 2. The van der Waals surface area contributed by atoms with Crippen LogP contribution in [0.25, 0.3) is 17.5 Å². The summed E-state index contributed by atoms with van der Waals surface area (Å²) in [5, 5.41) is 3.94. The molecule has 32 heavy (non-hydrogen) atoms. The molecule has 2 aromatic carbocycles. The SMILES string of the molecule is O=C(CCCc1nc(-c2ccc(F)cc2)no1)N1CCN(C/C=C/c2ccccc2)CC1. The first-order chi connectivity index (χ1) is 15.7. The second-order valence-electron chi connectivity index (χ2n) is 7.87. The lowest BCUT2D eigenvalue weighted by molar-refractivity contribution is -0.132. The Bertz CT molecular complexity index is 1030. The van der Waals surface area contributed by atoms with E-state index in [9.17, 15) is 9.18 Å². The molecule has 0 spiro atoms. The van der Waals surface area contributed by atoms with E-state index in [0.717, 1.165) is 32.7 Å². The van der Waals surface area contributed by atoms with Gasteiger partial charge in [-0.05, 0) is 36.2 Å². The van der Waals surface area contributed by atoms with E-state index in [1.807, 2.05) is 23.1 Å². The topological polar surface area (TPSA) is 62.5 Å². The normalized spacial score (nSPS) is 14.8. The molecule has 1 saturated heterocycles. The number of aromatic nitrogens is 2. The van der Waals surface area contributed by atoms with Gasteiger partial charge in [-0.3, -0.25) is 9.69 Å². The predicted octanol–water partition coefficient (Wildman–Crippen LogP) is 4.06. The van der Waals surface area contributed by atoms with Crippen molar-refractivity contribution in [1.82, 2.24) is 19.9 Å². The molecule has 0 N–H and O–H groups in total. The van der Waals surface area contributed by atoms with E-state index in [0.29, 0.717) is 36.5 Å². The van der Waals surface area contributed by atoms with Crippen molar-refractivity contribution in [3.8, 4) is 11.4 Å². The van der Waals surface area contributed by atoms with Crippen molar-refractivity contribution in [2.45, 2.75) is 19.3 Å². The third kappa shape index (κ3) is 6.11. The molecular formula is C25H27FN4O2. The molecule has 166 valence electrons. The van der Waals surface area contributed by atoms with Crippen molar-refractivity contribution in [2.24, 2.45) is 0 Å². The van der Waals surface area contributed by atoms with Crippen molar-refractivity contribution >= 4 is 12.0 Å². The van der Waals surface area contributed by atoms with Crippen LogP contribution in [0.2, 0.25) is 0 Å². The lowest BCUT2D eigenvalue weighted by atomic mass is 10.2. The van der Waals surface area contributed by atoms with Gasteiger partial charge in [-0.1, -0.05) is 47.6 Å². The fourth-order valence-corrected chi connectivity index (χ4v) is 3.70. The highest BCUT2D eigenvalue weighted by atomic mass is 19.1. The Morgan fingerprint density at radius 3 is 2.53 bits per heavy atom. The van der Waals surface area contributed by atoms with Crippen LogP contribution in [0.1, 0.15) is 24.3 Å². The quantitative estimate of drug-likeness (QED) is 0.535. The highest BCUT2D eigenvalue weighted by Crippen LogP contribution is 2.17. The first-order valence-electron chi connectivity index (χ1n) is 11.0. The Morgan fingerprint density at radius 1 is 1.03 bits per heavy atom. The molecule has 0 radical (unpaired) electrons. The van der Waals surface area contributed by atoms with Gasteiger partial charge in [-0.25, -0.2) is 4.39 Å². The van der Waals surface area contributed by atoms with Crippen LogP contribution in [-0.2, 0) is 11.2 Å². The van der Waals surface area contributed by atoms with Crippen LogP contribution >= 0.6 is 0 Å². The summed E-state index contributed by atoms with van der Waals surface area (Å²) in [5.41, 5.74) is 1.90. The van der Waals surface area contributed by atoms with E-state index >= 15 is 0 Å². The van der Waals surface area contributed by atoms with Crippen LogP contribution in [0.5, 0.6) is 0 Å². The molecule has 0 bridgehead atoms. The van der Waals surface area contributed by atoms with Gasteiger partial charge in [0.2, 0.25) is 17.6 Å². The van der Waals surface area contributed by atoms with Crippen LogP contribution in [0, 0.1) is 5.82 Å². The molecule has 0 aliphatic carbocycles. The molecular weight excluding hydrogens is 407 g/mol. The lowest BCUT2D eigenvalue weighted by Crippen LogP contribution is -2.48. The minimum Gasteiger partial charge on any atom is -0.340 e. The zero-order chi connectivity index (χ0) is 22.2. The molecule has 4 rings (SSSR count). The Balaban J connectivity index is 1.16. The van der Waals surface area contributed by atoms with Gasteiger partial charge in [0.1, 0.15) is 5.82 Å². The fourth-order valence-electron chi connectivity index (χ4n) is 3.70. The van der Waals surface area contributed by atoms with Crippen LogP contribution in [0.3, 0.4) is 0 Å². The van der Waals surface area contributed by atoms with Gasteiger partial charge >= 0.3 is 0 Å². The first kappa shape index (κ1) is 21.9. The molecule has 2 heterocycles. The largest absolute Gasteiger partial charge is 0.340 e. The number of halogens is 1. The number of carbonyl (C=O) groups is 1. The van der Waals surface area contributed by atoms with Crippen molar-refractivity contribution < 1.29 is 13.7 Å². The van der Waals surface area contributed by atoms with Gasteiger partial charge in [0.25, 0.3) is 0 Å². The number of rotatable bonds is 8. The molecule has 1 amide bonds. The zero-order valence-electron chi connectivity index (χ0n) is 18.0. The van der Waals surface area contributed by atoms with Crippen molar-refractivity contribution in [1.29, 1.82) is 0 Å². The maximum absolute atomic E-state index is 13.0. The van der Waals surface area contributed by atoms with Crippen molar-refractivity contribution in [3.63, 3.8) is 0 Å². The van der Waals surface area contributed by atoms with E-state index in [1.165, 1.54) is 17.7 Å². The summed E-state index contributed by atoms with van der Waals surface area (Å²) in [7, 11) is 0. The number of carbonyl (C=O) groups excluding carboxylic acids is 1. The summed E-state index contributed by atoms with van der Waals surface area (Å²) in [6, 6.07) is 16.2. The smallest absolute Gasteiger partial charge is 0.226 e. The number of hydrogen-bond donors (Lipinski definition) is 0. The minimum atomic E-state index is -0.305. The van der Waals surface area contributed by atoms with Gasteiger partial charge in [-0.15, -0.1) is 0 Å². The summed E-state index contributed by atoms with van der Waals surface area (Å²) < 4.78 is 18.3. The van der Waals surface area contributed by atoms with Gasteiger partial charge in [-0.2, -0.15) is 4.98 Å². The third-order valence-corrected chi connectivity index (χ3v) is 5.55. The molecule has 6 nitrogen and oxygen atoms in total. The van der Waals surface area contributed by atoms with E-state index in [2.05, 4.69) is 39.3 Å². The highest BCUT2D eigenvalue weighted by molar-refractivity contribution is 5.76. The van der Waals surface area contributed by atoms with Gasteiger partial charge < -0.3 is 9.42 Å². The monoisotopic (exact) mass is 434 g/mol. The number of aryl methyl sites for hydroxylation is 1. The Hall–Kier alpha value is -3.32. The average Bonchev–Trinajstić information content (AvgIpc) is 3.29. The minimum absolute atomic E-state index is 0.169. The van der Waals surface area contributed by atoms with Crippen molar-refractivity contribution in [2.75, 3.05) is 32.7 Å². The Labute approximate surface area is 187 Å². The summed E-state index contributed by atoms with van der Waals surface area (Å²) in [5.74, 6) is 0.791. The number of nitrogens with zero attached hydrogens (tertiary/aromatic N) is 4. The summed E-state index contributed by atoms with van der Waals surface area (Å²) in [6.07, 6.45) is 5.98. The second-order valence-corrected chi connectivity index (χ2v) is 7.87. The Kier molecular flexibility index (Phi) is 7.40. The molecule has 7 heteroatoms. The van der Waals surface area contributed by atoms with Crippen LogP contribution in [0.4, 0.5) is 4.39 Å². The molecule has 1 aliphatic heterocycles. The number of piperazine rings is 1. The van der Waals surface area contributed by atoms with Crippen molar-refractivity contribution in [3.05, 3.63) is 77.9 Å². The van der Waals surface area contributed by atoms with Crippen LogP contribution < -0.4 is 0 Å². The molecule has 0 saturated carbocycles. The standard InChI is InChI=1S/C25H27FN4O2/c26-22-13-11-21(12-14-22)25-27-23(32-28-25)9-4-10-24(31)30-18-16-29(17-19-30)15-5-8-20-6-2-1-3-7-20/h1-3,5-8,11-14H,4,9-10,15-19H2/b8-5+. The Morgan fingerprint density at radius 2 is 1.78 bits per heavy atom. The second kappa shape index (κ2) is 10.8. The average molecular weight is 435 g/mol. The molecule has 3 aromatic rings. The zero-order valence-corrected chi connectivity index (χ0v) is 18.0. The highest BCUT2D eigenvalue weighted by Gasteiger charge is 2.20. The lowest BCUT2D eigenvalue weighted by Gasteiger charge is -2.34. The molecule has 1 aliphatic rings. The summed E-state index contributed by atoms with van der Waals surface area (Å²) in [4.78, 5) is 21.2. The van der Waals surface area contributed by atoms with E-state index < -0.39 is 0 Å². The maximum atomic E-state index is 13.0. The summed E-state index contributed by atoms with van der Waals surface area (Å²) >= 11 is 0. The van der Waals surface area contributed by atoms with Crippen LogP contribution in [-0.4, -0.2) is 58.6 Å². The third-order valence-electron chi connectivity index (χ3n) is 5.55. The first-order valence-corrected chi connectivity index (χ1v) is 11.0. The maximum Gasteiger partial charge on any atom is 0.226 e. The fraction of sp³-hybridized carbons (Fsp3) is 0.320. The number of amides is 1. The van der Waals surface area contributed by atoms with Gasteiger partial charge in [0, 0.05) is 51.1 Å². The number of hydrogen-bond acceptors (Lipinski definition) is 5. The van der Waals surface area contributed by atoms with Gasteiger partial charge in [0.15, 0.2) is 0 Å².